The van der Waals surface area contributed by atoms with Crippen molar-refractivity contribution < 1.29 is 9.59 Å². The molecule has 3 aliphatic rings. The number of hydrogen-bond acceptors (Lipinski definition) is 3. The van der Waals surface area contributed by atoms with Crippen molar-refractivity contribution in [3.63, 3.8) is 0 Å². The van der Waals surface area contributed by atoms with Gasteiger partial charge in [-0.25, -0.2) is 0 Å². The van der Waals surface area contributed by atoms with Crippen molar-refractivity contribution in [2.24, 2.45) is 5.92 Å². The van der Waals surface area contributed by atoms with Gasteiger partial charge in [-0.2, -0.15) is 0 Å². The maximum absolute atomic E-state index is 12.2. The van der Waals surface area contributed by atoms with Gasteiger partial charge in [0.15, 0.2) is 0 Å². The molecule has 2 atom stereocenters. The van der Waals surface area contributed by atoms with Crippen molar-refractivity contribution in [2.75, 3.05) is 32.7 Å². The van der Waals surface area contributed by atoms with E-state index in [9.17, 15) is 9.59 Å². The summed E-state index contributed by atoms with van der Waals surface area (Å²) in [6.07, 6.45) is 7.74. The Morgan fingerprint density at radius 2 is 1.58 bits per heavy atom. The van der Waals surface area contributed by atoms with Crippen LogP contribution in [0.15, 0.2) is 0 Å². The van der Waals surface area contributed by atoms with Crippen LogP contribution in [-0.4, -0.2) is 71.3 Å². The third-order valence-electron chi connectivity index (χ3n) is 6.33. The minimum Gasteiger partial charge on any atom is -0.343 e. The van der Waals surface area contributed by atoms with E-state index in [4.69, 9.17) is 0 Å². The summed E-state index contributed by atoms with van der Waals surface area (Å²) in [5, 5.41) is 0. The van der Waals surface area contributed by atoms with Crippen LogP contribution in [0.4, 0.5) is 0 Å². The van der Waals surface area contributed by atoms with E-state index < -0.39 is 0 Å². The van der Waals surface area contributed by atoms with Gasteiger partial charge in [-0.3, -0.25) is 14.5 Å². The minimum absolute atomic E-state index is 0.215. The molecular formula is C19H33N3O2. The molecule has 24 heavy (non-hydrogen) atoms. The third-order valence-corrected chi connectivity index (χ3v) is 6.33. The van der Waals surface area contributed by atoms with Gasteiger partial charge in [-0.15, -0.1) is 0 Å². The topological polar surface area (TPSA) is 43.9 Å². The second-order valence-corrected chi connectivity index (χ2v) is 7.80. The molecule has 0 aliphatic carbocycles. The summed E-state index contributed by atoms with van der Waals surface area (Å²) < 4.78 is 0. The van der Waals surface area contributed by atoms with E-state index in [2.05, 4.69) is 9.80 Å². The Labute approximate surface area is 146 Å². The van der Waals surface area contributed by atoms with Crippen molar-refractivity contribution in [3.8, 4) is 0 Å². The van der Waals surface area contributed by atoms with Crippen LogP contribution < -0.4 is 0 Å². The molecule has 3 saturated heterocycles. The number of likely N-dealkylation sites (tertiary alicyclic amines) is 3. The van der Waals surface area contributed by atoms with Gasteiger partial charge in [0.05, 0.1) is 0 Å². The fraction of sp³-hybridized carbons (Fsp3) is 0.895. The average Bonchev–Trinajstić information content (AvgIpc) is 3.23. The third kappa shape index (κ3) is 3.76. The monoisotopic (exact) mass is 335 g/mol. The highest BCUT2D eigenvalue weighted by Crippen LogP contribution is 2.32. The van der Waals surface area contributed by atoms with Crippen LogP contribution in [0.3, 0.4) is 0 Å². The first-order chi connectivity index (χ1) is 11.6. The molecule has 0 radical (unpaired) electrons. The second-order valence-electron chi connectivity index (χ2n) is 7.80. The molecule has 3 fully saturated rings. The van der Waals surface area contributed by atoms with Crippen molar-refractivity contribution in [3.05, 3.63) is 0 Å². The normalized spacial score (nSPS) is 29.4. The van der Waals surface area contributed by atoms with Gasteiger partial charge < -0.3 is 9.80 Å². The first-order valence-corrected chi connectivity index (χ1v) is 9.89. The zero-order valence-electron chi connectivity index (χ0n) is 15.4. The lowest BCUT2D eigenvalue weighted by Gasteiger charge is -2.38. The molecule has 5 nitrogen and oxygen atoms in total. The zero-order valence-corrected chi connectivity index (χ0v) is 15.4. The van der Waals surface area contributed by atoms with Crippen LogP contribution in [0.1, 0.15) is 58.8 Å². The number of nitrogens with zero attached hydrogens (tertiary/aromatic N) is 3. The van der Waals surface area contributed by atoms with Crippen molar-refractivity contribution in [2.45, 2.75) is 70.9 Å². The van der Waals surface area contributed by atoms with Crippen LogP contribution in [0.5, 0.6) is 0 Å². The standard InChI is InChI=1S/C19H33N3O2/c1-3-19(24)22-11-5-7-18(22)17-6-4-10-21(17)14-16-8-12-20(13-9-16)15(2)23/h16-18H,3-14H2,1-2H3/t17-,18+/m1/s1. The van der Waals surface area contributed by atoms with Gasteiger partial charge in [0.2, 0.25) is 11.8 Å². The van der Waals surface area contributed by atoms with E-state index in [-0.39, 0.29) is 5.91 Å². The van der Waals surface area contributed by atoms with E-state index in [1.54, 1.807) is 6.92 Å². The van der Waals surface area contributed by atoms with Gasteiger partial charge in [0.25, 0.3) is 0 Å². The van der Waals surface area contributed by atoms with Crippen LogP contribution in [0.25, 0.3) is 0 Å². The number of piperidine rings is 1. The maximum Gasteiger partial charge on any atom is 0.222 e. The average molecular weight is 335 g/mol. The fourth-order valence-corrected chi connectivity index (χ4v) is 4.98. The fourth-order valence-electron chi connectivity index (χ4n) is 4.98. The Morgan fingerprint density at radius 1 is 0.917 bits per heavy atom. The maximum atomic E-state index is 12.2. The summed E-state index contributed by atoms with van der Waals surface area (Å²) in [4.78, 5) is 30.5. The number of carbonyl (C=O) groups excluding carboxylic acids is 2. The summed E-state index contributed by atoms with van der Waals surface area (Å²) in [6, 6.07) is 1.01. The van der Waals surface area contributed by atoms with Gasteiger partial charge in [0.1, 0.15) is 0 Å². The lowest BCUT2D eigenvalue weighted by atomic mass is 9.95. The molecule has 0 aromatic heterocycles. The molecule has 2 amide bonds. The van der Waals surface area contributed by atoms with Crippen LogP contribution >= 0.6 is 0 Å². The smallest absolute Gasteiger partial charge is 0.222 e. The largest absolute Gasteiger partial charge is 0.343 e. The van der Waals surface area contributed by atoms with Crippen LogP contribution in [-0.2, 0) is 9.59 Å². The number of carbonyl (C=O) groups is 2. The van der Waals surface area contributed by atoms with E-state index in [1.165, 1.54) is 25.8 Å². The van der Waals surface area contributed by atoms with Crippen LogP contribution in [0, 0.1) is 5.92 Å². The molecule has 3 rings (SSSR count). The molecular weight excluding hydrogens is 302 g/mol. The lowest BCUT2D eigenvalue weighted by Crippen LogP contribution is -2.50. The Kier molecular flexibility index (Phi) is 5.80. The summed E-state index contributed by atoms with van der Waals surface area (Å²) >= 11 is 0. The molecule has 0 aromatic carbocycles. The zero-order chi connectivity index (χ0) is 17.1. The van der Waals surface area contributed by atoms with Gasteiger partial charge in [-0.05, 0) is 51.0 Å². The summed E-state index contributed by atoms with van der Waals surface area (Å²) in [5.74, 6) is 1.25. The Hall–Kier alpha value is -1.10. The molecule has 0 spiro atoms. The molecule has 5 heteroatoms. The Morgan fingerprint density at radius 3 is 2.25 bits per heavy atom. The van der Waals surface area contributed by atoms with Crippen LogP contribution in [0.2, 0.25) is 0 Å². The quantitative estimate of drug-likeness (QED) is 0.790. The van der Waals surface area contributed by atoms with Crippen molar-refractivity contribution in [1.29, 1.82) is 0 Å². The van der Waals surface area contributed by atoms with E-state index >= 15 is 0 Å². The number of hydrogen-bond donors (Lipinski definition) is 0. The first kappa shape index (κ1) is 17.7. The summed E-state index contributed by atoms with van der Waals surface area (Å²) in [6.45, 7) is 8.79. The van der Waals surface area contributed by atoms with E-state index in [1.807, 2.05) is 11.8 Å². The minimum atomic E-state index is 0.215. The predicted octanol–water partition coefficient (Wildman–Crippen LogP) is 2.11. The molecule has 0 N–H and O–H groups in total. The molecule has 0 bridgehead atoms. The Bertz CT molecular complexity index is 460. The second kappa shape index (κ2) is 7.85. The highest BCUT2D eigenvalue weighted by Gasteiger charge is 2.39. The van der Waals surface area contributed by atoms with Gasteiger partial charge in [0, 0.05) is 51.6 Å². The lowest BCUT2D eigenvalue weighted by molar-refractivity contribution is -0.132. The number of amides is 2. The highest BCUT2D eigenvalue weighted by molar-refractivity contribution is 5.76. The summed E-state index contributed by atoms with van der Waals surface area (Å²) in [7, 11) is 0. The van der Waals surface area contributed by atoms with E-state index in [0.29, 0.717) is 30.3 Å². The molecule has 0 aromatic rings. The summed E-state index contributed by atoms with van der Waals surface area (Å²) in [5.41, 5.74) is 0. The van der Waals surface area contributed by atoms with Crippen molar-refractivity contribution in [1.82, 2.24) is 14.7 Å². The van der Waals surface area contributed by atoms with Crippen molar-refractivity contribution >= 4 is 11.8 Å². The van der Waals surface area contributed by atoms with Gasteiger partial charge >= 0.3 is 0 Å². The highest BCUT2D eigenvalue weighted by atomic mass is 16.2. The molecule has 0 unspecified atom stereocenters. The Balaban J connectivity index is 1.56. The molecule has 3 aliphatic heterocycles. The van der Waals surface area contributed by atoms with Gasteiger partial charge in [-0.1, -0.05) is 6.92 Å². The number of rotatable bonds is 4. The molecule has 0 saturated carbocycles. The van der Waals surface area contributed by atoms with E-state index in [0.717, 1.165) is 45.4 Å². The molecule has 3 heterocycles. The predicted molar refractivity (Wildman–Crippen MR) is 94.6 cm³/mol. The SMILES string of the molecule is CCC(=O)N1CCC[C@H]1[C@H]1CCCN1CC1CCN(C(C)=O)CC1. The molecule has 136 valence electrons. The first-order valence-electron chi connectivity index (χ1n) is 9.89.